The van der Waals surface area contributed by atoms with Crippen molar-refractivity contribution in [2.24, 2.45) is 5.73 Å². The number of cyclic esters (lactones) is 1. The van der Waals surface area contributed by atoms with E-state index in [4.69, 9.17) is 20.5 Å². The molecule has 2 unspecified atom stereocenters. The van der Waals surface area contributed by atoms with Gasteiger partial charge in [-0.1, -0.05) is 64.4 Å². The van der Waals surface area contributed by atoms with E-state index >= 15 is 0 Å². The van der Waals surface area contributed by atoms with Gasteiger partial charge in [-0.3, -0.25) is 4.79 Å². The molecule has 1 amide bonds. The van der Waals surface area contributed by atoms with Gasteiger partial charge >= 0.3 is 5.97 Å². The molecule has 2 aromatic carbocycles. The molecule has 7 nitrogen and oxygen atoms in total. The fourth-order valence-corrected chi connectivity index (χ4v) is 4.71. The van der Waals surface area contributed by atoms with Crippen molar-refractivity contribution in [3.63, 3.8) is 0 Å². The third-order valence-corrected chi connectivity index (χ3v) is 6.77. The minimum Gasteiger partial charge on any atom is -0.451 e. The summed E-state index contributed by atoms with van der Waals surface area (Å²) < 4.78 is 11.0. The van der Waals surface area contributed by atoms with E-state index in [0.29, 0.717) is 25.1 Å². The minimum absolute atomic E-state index is 0.205. The van der Waals surface area contributed by atoms with Crippen LogP contribution in [0.3, 0.4) is 0 Å². The Labute approximate surface area is 227 Å². The third-order valence-electron chi connectivity index (χ3n) is 6.77. The van der Waals surface area contributed by atoms with Gasteiger partial charge in [0, 0.05) is 25.1 Å². The van der Waals surface area contributed by atoms with Gasteiger partial charge in [0.2, 0.25) is 5.91 Å². The molecule has 0 spiro atoms. The zero-order valence-corrected chi connectivity index (χ0v) is 23.3. The molecule has 0 bridgehead atoms. The van der Waals surface area contributed by atoms with E-state index < -0.39 is 11.7 Å². The molecule has 0 aliphatic carbocycles. The van der Waals surface area contributed by atoms with Crippen LogP contribution in [0.25, 0.3) is 11.1 Å². The lowest BCUT2D eigenvalue weighted by Gasteiger charge is -2.27. The molecule has 4 rings (SSSR count). The number of carbonyl (C=O) groups is 2. The van der Waals surface area contributed by atoms with E-state index in [2.05, 4.69) is 55.6 Å². The predicted molar refractivity (Wildman–Crippen MR) is 150 cm³/mol. The van der Waals surface area contributed by atoms with Crippen LogP contribution in [0.1, 0.15) is 87.7 Å². The number of ether oxygens (including phenoxy) is 2. The lowest BCUT2D eigenvalue weighted by Crippen LogP contribution is -2.41. The third kappa shape index (κ3) is 8.14. The summed E-state index contributed by atoms with van der Waals surface area (Å²) >= 11 is 0. The molecule has 1 saturated heterocycles. The zero-order chi connectivity index (χ0) is 28.0. The molecule has 7 heteroatoms. The summed E-state index contributed by atoms with van der Waals surface area (Å²) in [5.74, 6) is -0.580. The highest BCUT2D eigenvalue weighted by Crippen LogP contribution is 2.44. The van der Waals surface area contributed by atoms with Crippen LogP contribution in [0, 0.1) is 11.3 Å². The standard InChI is InChI=1S/C22H23NO2.C7H14N2O2.C2H6/c1-3-13-22(4-2)20-15-18(11-12-19(20)21(24)25-22)17-9-7-16(8-10-17)6-5-14-23;8-7(10)6-5-9-3-1-2-4-11-6;1-2/h7-12,15H,3-6,13H2,1-2H3;6,9H,1-5H2,(H2,8,10);1-2H3. The maximum Gasteiger partial charge on any atom is 0.339 e. The molecule has 2 aliphatic heterocycles. The summed E-state index contributed by atoms with van der Waals surface area (Å²) in [5.41, 5.74) is 9.70. The number of nitrogens with one attached hydrogen (secondary N) is 1. The number of benzene rings is 2. The molecule has 0 saturated carbocycles. The zero-order valence-electron chi connectivity index (χ0n) is 23.3. The Balaban J connectivity index is 0.000000327. The number of primary amides is 1. The van der Waals surface area contributed by atoms with E-state index in [1.165, 1.54) is 5.56 Å². The van der Waals surface area contributed by atoms with Gasteiger partial charge in [0.25, 0.3) is 0 Å². The van der Waals surface area contributed by atoms with Crippen LogP contribution in [0.15, 0.2) is 42.5 Å². The number of carbonyl (C=O) groups excluding carboxylic acids is 2. The van der Waals surface area contributed by atoms with Gasteiger partial charge < -0.3 is 20.5 Å². The first-order valence-corrected chi connectivity index (χ1v) is 13.9. The highest BCUT2D eigenvalue weighted by molar-refractivity contribution is 5.95. The number of amides is 1. The fourth-order valence-electron chi connectivity index (χ4n) is 4.71. The van der Waals surface area contributed by atoms with Crippen LogP contribution in [-0.2, 0) is 26.3 Å². The summed E-state index contributed by atoms with van der Waals surface area (Å²) in [6.07, 6.45) is 5.58. The Bertz CT molecular complexity index is 1070. The predicted octanol–water partition coefficient (Wildman–Crippen LogP) is 5.65. The Morgan fingerprint density at radius 2 is 1.84 bits per heavy atom. The summed E-state index contributed by atoms with van der Waals surface area (Å²) in [6, 6.07) is 16.5. The van der Waals surface area contributed by atoms with Crippen molar-refractivity contribution in [2.75, 3.05) is 19.7 Å². The van der Waals surface area contributed by atoms with Crippen LogP contribution in [0.5, 0.6) is 0 Å². The van der Waals surface area contributed by atoms with Gasteiger partial charge in [-0.15, -0.1) is 0 Å². The van der Waals surface area contributed by atoms with E-state index in [1.807, 2.05) is 26.0 Å². The normalized spacial score (nSPS) is 20.2. The molecule has 2 aromatic rings. The van der Waals surface area contributed by atoms with Gasteiger partial charge in [-0.2, -0.15) is 5.26 Å². The SMILES string of the molecule is CC.CCCC1(CC)OC(=O)c2ccc(-c3ccc(CCC#N)cc3)cc21.NC(=O)C1CNCCCCO1. The molecule has 0 aromatic heterocycles. The lowest BCUT2D eigenvalue weighted by molar-refractivity contribution is -0.129. The van der Waals surface area contributed by atoms with Crippen molar-refractivity contribution in [2.45, 2.75) is 84.3 Å². The van der Waals surface area contributed by atoms with Gasteiger partial charge in [-0.25, -0.2) is 4.79 Å². The van der Waals surface area contributed by atoms with Gasteiger partial charge in [-0.05, 0) is 67.5 Å². The van der Waals surface area contributed by atoms with E-state index in [-0.39, 0.29) is 11.9 Å². The Kier molecular flexibility index (Phi) is 13.0. The largest absolute Gasteiger partial charge is 0.451 e. The van der Waals surface area contributed by atoms with Gasteiger partial charge in [0.05, 0.1) is 11.6 Å². The molecule has 2 aliphatic rings. The average molecular weight is 522 g/mol. The topological polar surface area (TPSA) is 114 Å². The van der Waals surface area contributed by atoms with Crippen LogP contribution in [0.2, 0.25) is 0 Å². The molecule has 0 radical (unpaired) electrons. The molecule has 2 heterocycles. The molecule has 1 fully saturated rings. The molecular weight excluding hydrogens is 478 g/mol. The second-order valence-corrected chi connectivity index (χ2v) is 9.28. The number of fused-ring (bicyclic) bond motifs is 1. The summed E-state index contributed by atoms with van der Waals surface area (Å²) in [4.78, 5) is 22.9. The van der Waals surface area contributed by atoms with Crippen LogP contribution < -0.4 is 11.1 Å². The molecule has 206 valence electrons. The summed E-state index contributed by atoms with van der Waals surface area (Å²) in [6.45, 7) is 10.3. The number of hydrogen-bond acceptors (Lipinski definition) is 6. The molecule has 3 N–H and O–H groups in total. The number of rotatable bonds is 7. The molecule has 2 atom stereocenters. The van der Waals surface area contributed by atoms with Crippen LogP contribution in [-0.4, -0.2) is 37.7 Å². The highest BCUT2D eigenvalue weighted by atomic mass is 16.6. The number of esters is 1. The second kappa shape index (κ2) is 15.9. The first-order chi connectivity index (χ1) is 18.4. The Hall–Kier alpha value is -3.21. The molecule has 38 heavy (non-hydrogen) atoms. The van der Waals surface area contributed by atoms with Crippen molar-refractivity contribution in [3.05, 3.63) is 59.2 Å². The van der Waals surface area contributed by atoms with Crippen LogP contribution in [0.4, 0.5) is 0 Å². The lowest BCUT2D eigenvalue weighted by atomic mass is 9.84. The van der Waals surface area contributed by atoms with Crippen molar-refractivity contribution < 1.29 is 19.1 Å². The quantitative estimate of drug-likeness (QED) is 0.455. The monoisotopic (exact) mass is 521 g/mol. The highest BCUT2D eigenvalue weighted by Gasteiger charge is 2.43. The van der Waals surface area contributed by atoms with E-state index in [0.717, 1.165) is 61.8 Å². The number of nitrogens with zero attached hydrogens (tertiary/aromatic N) is 1. The first kappa shape index (κ1) is 31.0. The first-order valence-electron chi connectivity index (χ1n) is 13.9. The Morgan fingerprint density at radius 3 is 2.47 bits per heavy atom. The summed E-state index contributed by atoms with van der Waals surface area (Å²) in [7, 11) is 0. The fraction of sp³-hybridized carbons (Fsp3) is 0.516. The maximum atomic E-state index is 12.3. The van der Waals surface area contributed by atoms with Crippen LogP contribution >= 0.6 is 0 Å². The van der Waals surface area contributed by atoms with Crippen molar-refractivity contribution in [1.82, 2.24) is 5.32 Å². The summed E-state index contributed by atoms with van der Waals surface area (Å²) in [5, 5.41) is 11.8. The second-order valence-electron chi connectivity index (χ2n) is 9.28. The van der Waals surface area contributed by atoms with Gasteiger partial charge in [0.1, 0.15) is 11.7 Å². The maximum absolute atomic E-state index is 12.3. The van der Waals surface area contributed by atoms with E-state index in [9.17, 15) is 9.59 Å². The number of nitrogens with two attached hydrogens (primary N) is 1. The van der Waals surface area contributed by atoms with Crippen molar-refractivity contribution in [3.8, 4) is 17.2 Å². The smallest absolute Gasteiger partial charge is 0.339 e. The van der Waals surface area contributed by atoms with Crippen molar-refractivity contribution in [1.29, 1.82) is 5.26 Å². The number of nitriles is 1. The van der Waals surface area contributed by atoms with Gasteiger partial charge in [0.15, 0.2) is 0 Å². The number of aryl methyl sites for hydroxylation is 1. The number of hydrogen-bond donors (Lipinski definition) is 2. The molecular formula is C31H43N3O4. The Morgan fingerprint density at radius 1 is 1.13 bits per heavy atom. The van der Waals surface area contributed by atoms with Crippen molar-refractivity contribution >= 4 is 11.9 Å². The minimum atomic E-state index is -0.482. The average Bonchev–Trinajstić information content (AvgIpc) is 3.20. The van der Waals surface area contributed by atoms with E-state index in [1.54, 1.807) is 0 Å².